The van der Waals surface area contributed by atoms with Gasteiger partial charge in [-0.1, -0.05) is 18.2 Å². The first-order chi connectivity index (χ1) is 9.76. The minimum atomic E-state index is 0.382. The maximum atomic E-state index is 5.30. The average Bonchev–Trinajstić information content (AvgIpc) is 2.92. The monoisotopic (exact) mass is 278 g/mol. The molecule has 1 aliphatic rings. The van der Waals surface area contributed by atoms with E-state index in [0.717, 1.165) is 39.3 Å². The number of methoxy groups -OCH3 is 2. The lowest BCUT2D eigenvalue weighted by atomic mass is 10.1. The molecule has 1 unspecified atom stereocenters. The van der Waals surface area contributed by atoms with E-state index in [4.69, 9.17) is 9.47 Å². The highest BCUT2D eigenvalue weighted by molar-refractivity contribution is 5.61. The van der Waals surface area contributed by atoms with Crippen molar-refractivity contribution in [2.24, 2.45) is 0 Å². The number of para-hydroxylation sites is 1. The number of hydrogen-bond acceptors (Lipinski definition) is 4. The molecule has 0 fully saturated rings. The van der Waals surface area contributed by atoms with Crippen LogP contribution >= 0.6 is 0 Å². The van der Waals surface area contributed by atoms with Gasteiger partial charge in [-0.3, -0.25) is 4.90 Å². The summed E-state index contributed by atoms with van der Waals surface area (Å²) in [6, 6.07) is 6.98. The standard InChI is InChI=1S/C16H26N2O2/c1-13(12-20-3)18(9-10-19-2)11-15-6-4-5-14-7-8-17-16(14)15/h4-6,13,17H,7-12H2,1-3H3. The van der Waals surface area contributed by atoms with Gasteiger partial charge < -0.3 is 14.8 Å². The normalized spacial score (nSPS) is 15.2. The fourth-order valence-corrected chi connectivity index (χ4v) is 2.77. The second kappa shape index (κ2) is 7.62. The molecule has 1 heterocycles. The molecule has 1 N–H and O–H groups in total. The van der Waals surface area contributed by atoms with Gasteiger partial charge in [-0.2, -0.15) is 0 Å². The van der Waals surface area contributed by atoms with Gasteiger partial charge >= 0.3 is 0 Å². The smallest absolute Gasteiger partial charge is 0.0615 e. The quantitative estimate of drug-likeness (QED) is 0.790. The second-order valence-corrected chi connectivity index (χ2v) is 5.40. The lowest BCUT2D eigenvalue weighted by molar-refractivity contribution is 0.0706. The first-order valence-electron chi connectivity index (χ1n) is 7.32. The first-order valence-corrected chi connectivity index (χ1v) is 7.32. The molecule has 0 saturated heterocycles. The summed E-state index contributed by atoms with van der Waals surface area (Å²) in [6.45, 7) is 6.60. The minimum absolute atomic E-state index is 0.382. The van der Waals surface area contributed by atoms with Crippen LogP contribution in [0.4, 0.5) is 5.69 Å². The summed E-state index contributed by atoms with van der Waals surface area (Å²) < 4.78 is 10.5. The molecule has 1 aliphatic heterocycles. The fourth-order valence-electron chi connectivity index (χ4n) is 2.77. The van der Waals surface area contributed by atoms with Crippen LogP contribution < -0.4 is 5.32 Å². The van der Waals surface area contributed by atoms with E-state index in [1.54, 1.807) is 14.2 Å². The van der Waals surface area contributed by atoms with Gasteiger partial charge in [-0.15, -0.1) is 0 Å². The van der Waals surface area contributed by atoms with Gasteiger partial charge in [0.2, 0.25) is 0 Å². The lowest BCUT2D eigenvalue weighted by Gasteiger charge is -2.29. The van der Waals surface area contributed by atoms with Crippen molar-refractivity contribution < 1.29 is 9.47 Å². The zero-order valence-corrected chi connectivity index (χ0v) is 12.8. The molecule has 112 valence electrons. The molecule has 2 rings (SSSR count). The minimum Gasteiger partial charge on any atom is -0.384 e. The number of hydrogen-bond donors (Lipinski definition) is 1. The molecule has 1 aromatic carbocycles. The fraction of sp³-hybridized carbons (Fsp3) is 0.625. The average molecular weight is 278 g/mol. The van der Waals surface area contributed by atoms with Gasteiger partial charge in [0.25, 0.3) is 0 Å². The lowest BCUT2D eigenvalue weighted by Crippen LogP contribution is -2.38. The summed E-state index contributed by atoms with van der Waals surface area (Å²) in [6.07, 6.45) is 1.13. The van der Waals surface area contributed by atoms with Crippen molar-refractivity contribution >= 4 is 5.69 Å². The van der Waals surface area contributed by atoms with Gasteiger partial charge in [0.1, 0.15) is 0 Å². The Balaban J connectivity index is 2.08. The third kappa shape index (κ3) is 3.72. The Hall–Kier alpha value is -1.10. The van der Waals surface area contributed by atoms with Crippen molar-refractivity contribution in [2.75, 3.05) is 45.8 Å². The summed E-state index contributed by atoms with van der Waals surface area (Å²) in [5.74, 6) is 0. The predicted octanol–water partition coefficient (Wildman–Crippen LogP) is 2.14. The predicted molar refractivity (Wildman–Crippen MR) is 82.3 cm³/mol. The molecule has 0 aliphatic carbocycles. The SMILES string of the molecule is COCCN(Cc1cccc2c1NCC2)C(C)COC. The first kappa shape index (κ1) is 15.3. The van der Waals surface area contributed by atoms with Crippen LogP contribution in [0.2, 0.25) is 0 Å². The van der Waals surface area contributed by atoms with Crippen LogP contribution in [0.15, 0.2) is 18.2 Å². The third-order valence-corrected chi connectivity index (χ3v) is 3.92. The zero-order chi connectivity index (χ0) is 14.4. The van der Waals surface area contributed by atoms with Gasteiger partial charge in [-0.05, 0) is 24.5 Å². The topological polar surface area (TPSA) is 33.7 Å². The molecular weight excluding hydrogens is 252 g/mol. The van der Waals surface area contributed by atoms with Crippen molar-refractivity contribution in [3.63, 3.8) is 0 Å². The Morgan fingerprint density at radius 3 is 2.90 bits per heavy atom. The number of nitrogens with zero attached hydrogens (tertiary/aromatic N) is 1. The van der Waals surface area contributed by atoms with Crippen molar-refractivity contribution in [3.8, 4) is 0 Å². The zero-order valence-electron chi connectivity index (χ0n) is 12.8. The maximum absolute atomic E-state index is 5.30. The molecule has 4 nitrogen and oxygen atoms in total. The highest BCUT2D eigenvalue weighted by Gasteiger charge is 2.18. The molecule has 0 amide bonds. The van der Waals surface area contributed by atoms with E-state index in [9.17, 15) is 0 Å². The summed E-state index contributed by atoms with van der Waals surface area (Å²) in [5, 5.41) is 3.51. The van der Waals surface area contributed by atoms with Crippen LogP contribution in [0.25, 0.3) is 0 Å². The summed E-state index contributed by atoms with van der Waals surface area (Å²) in [4.78, 5) is 2.42. The van der Waals surface area contributed by atoms with E-state index in [0.29, 0.717) is 6.04 Å². The van der Waals surface area contributed by atoms with Crippen molar-refractivity contribution in [1.29, 1.82) is 0 Å². The molecule has 0 radical (unpaired) electrons. The Labute approximate surface area is 122 Å². The Kier molecular flexibility index (Phi) is 5.83. The van der Waals surface area contributed by atoms with Crippen molar-refractivity contribution in [1.82, 2.24) is 4.90 Å². The van der Waals surface area contributed by atoms with Crippen molar-refractivity contribution in [2.45, 2.75) is 25.9 Å². The molecule has 0 bridgehead atoms. The van der Waals surface area contributed by atoms with Gasteiger partial charge in [-0.25, -0.2) is 0 Å². The molecular formula is C16H26N2O2. The Morgan fingerprint density at radius 2 is 2.15 bits per heavy atom. The number of fused-ring (bicyclic) bond motifs is 1. The van der Waals surface area contributed by atoms with Gasteiger partial charge in [0.05, 0.1) is 13.2 Å². The summed E-state index contributed by atoms with van der Waals surface area (Å²) in [7, 11) is 3.51. The Morgan fingerprint density at radius 1 is 1.30 bits per heavy atom. The van der Waals surface area contributed by atoms with Crippen LogP contribution in [0.1, 0.15) is 18.1 Å². The van der Waals surface area contributed by atoms with E-state index >= 15 is 0 Å². The third-order valence-electron chi connectivity index (χ3n) is 3.92. The summed E-state index contributed by atoms with van der Waals surface area (Å²) >= 11 is 0. The van der Waals surface area contributed by atoms with Gasteiger partial charge in [0.15, 0.2) is 0 Å². The molecule has 0 spiro atoms. The number of anilines is 1. The van der Waals surface area contributed by atoms with E-state index in [1.165, 1.54) is 16.8 Å². The molecule has 1 atom stereocenters. The van der Waals surface area contributed by atoms with E-state index in [1.807, 2.05) is 0 Å². The van der Waals surface area contributed by atoms with E-state index < -0.39 is 0 Å². The van der Waals surface area contributed by atoms with Crippen molar-refractivity contribution in [3.05, 3.63) is 29.3 Å². The largest absolute Gasteiger partial charge is 0.384 e. The number of ether oxygens (including phenoxy) is 2. The van der Waals surface area contributed by atoms with Crippen LogP contribution in [0, 0.1) is 0 Å². The van der Waals surface area contributed by atoms with E-state index in [-0.39, 0.29) is 0 Å². The molecule has 0 saturated carbocycles. The highest BCUT2D eigenvalue weighted by Crippen LogP contribution is 2.27. The number of benzene rings is 1. The molecule has 0 aromatic heterocycles. The second-order valence-electron chi connectivity index (χ2n) is 5.40. The van der Waals surface area contributed by atoms with Crippen LogP contribution in [0.5, 0.6) is 0 Å². The summed E-state index contributed by atoms with van der Waals surface area (Å²) in [5.41, 5.74) is 4.15. The highest BCUT2D eigenvalue weighted by atomic mass is 16.5. The van der Waals surface area contributed by atoms with Crippen LogP contribution in [0.3, 0.4) is 0 Å². The number of rotatable bonds is 8. The Bertz CT molecular complexity index is 423. The van der Waals surface area contributed by atoms with E-state index in [2.05, 4.69) is 35.3 Å². The van der Waals surface area contributed by atoms with Crippen LogP contribution in [-0.4, -0.2) is 51.5 Å². The van der Waals surface area contributed by atoms with Gasteiger partial charge in [0, 0.05) is 45.6 Å². The molecule has 4 heteroatoms. The number of nitrogens with one attached hydrogen (secondary N) is 1. The molecule has 1 aromatic rings. The van der Waals surface area contributed by atoms with Crippen LogP contribution in [-0.2, 0) is 22.4 Å². The maximum Gasteiger partial charge on any atom is 0.0615 e. The molecule has 20 heavy (non-hydrogen) atoms.